The Hall–Kier alpha value is -0.0800. The van der Waals surface area contributed by atoms with Gasteiger partial charge in [-0.1, -0.05) is 20.8 Å². The number of nitrogens with one attached hydrogen (secondary N) is 1. The monoisotopic (exact) mass is 264 g/mol. The summed E-state index contributed by atoms with van der Waals surface area (Å²) in [6.45, 7) is 13.7. The van der Waals surface area contributed by atoms with Gasteiger partial charge in [-0.05, 0) is 68.9 Å². The molecule has 1 heterocycles. The van der Waals surface area contributed by atoms with Gasteiger partial charge in [0.1, 0.15) is 0 Å². The molecule has 0 aromatic carbocycles. The van der Waals surface area contributed by atoms with Crippen molar-refractivity contribution in [2.45, 2.75) is 71.9 Å². The molecule has 2 bridgehead atoms. The van der Waals surface area contributed by atoms with Crippen molar-refractivity contribution >= 4 is 0 Å². The molecule has 2 aliphatic carbocycles. The van der Waals surface area contributed by atoms with E-state index in [0.717, 1.165) is 12.0 Å². The number of likely N-dealkylation sites (tertiary alicyclic amines) is 1. The van der Waals surface area contributed by atoms with Gasteiger partial charge in [-0.25, -0.2) is 0 Å². The molecule has 19 heavy (non-hydrogen) atoms. The Morgan fingerprint density at radius 1 is 1.21 bits per heavy atom. The molecule has 0 amide bonds. The smallest absolute Gasteiger partial charge is 0.0192 e. The molecule has 1 aliphatic heterocycles. The van der Waals surface area contributed by atoms with E-state index in [4.69, 9.17) is 0 Å². The largest absolute Gasteiger partial charge is 0.311 e. The first-order chi connectivity index (χ1) is 8.93. The molecular weight excluding hydrogens is 232 g/mol. The summed E-state index contributed by atoms with van der Waals surface area (Å²) in [6, 6.07) is 1.44. The van der Waals surface area contributed by atoms with Crippen molar-refractivity contribution < 1.29 is 0 Å². The minimum atomic E-state index is 0.498. The van der Waals surface area contributed by atoms with Crippen LogP contribution < -0.4 is 5.32 Å². The Morgan fingerprint density at radius 2 is 1.89 bits per heavy atom. The summed E-state index contributed by atoms with van der Waals surface area (Å²) in [5.74, 6) is 0.956. The quantitative estimate of drug-likeness (QED) is 0.838. The van der Waals surface area contributed by atoms with Crippen molar-refractivity contribution in [2.75, 3.05) is 19.6 Å². The van der Waals surface area contributed by atoms with Crippen LogP contribution in [-0.2, 0) is 0 Å². The fourth-order valence-corrected chi connectivity index (χ4v) is 5.41. The number of hydrogen-bond donors (Lipinski definition) is 1. The molecule has 2 nitrogen and oxygen atoms in total. The SMILES string of the molecule is CC(CNC1C(C)(C)[C@H]2CC[C@]1(C)C2)N1CCCC1. The highest BCUT2D eigenvalue weighted by Gasteiger charge is 2.58. The highest BCUT2D eigenvalue weighted by Crippen LogP contribution is 2.62. The minimum absolute atomic E-state index is 0.498. The van der Waals surface area contributed by atoms with E-state index in [0.29, 0.717) is 16.9 Å². The molecule has 3 rings (SSSR count). The van der Waals surface area contributed by atoms with Gasteiger partial charge in [0.25, 0.3) is 0 Å². The molecule has 3 fully saturated rings. The van der Waals surface area contributed by atoms with E-state index in [1.165, 1.54) is 51.7 Å². The van der Waals surface area contributed by atoms with Crippen LogP contribution in [-0.4, -0.2) is 36.6 Å². The number of hydrogen-bond acceptors (Lipinski definition) is 2. The predicted octanol–water partition coefficient (Wildman–Crippen LogP) is 3.28. The van der Waals surface area contributed by atoms with Crippen molar-refractivity contribution in [2.24, 2.45) is 16.7 Å². The average molecular weight is 264 g/mol. The summed E-state index contributed by atoms with van der Waals surface area (Å²) in [5.41, 5.74) is 1.07. The topological polar surface area (TPSA) is 15.3 Å². The number of fused-ring (bicyclic) bond motifs is 2. The van der Waals surface area contributed by atoms with Gasteiger partial charge in [-0.2, -0.15) is 0 Å². The first-order valence-corrected chi connectivity index (χ1v) is 8.41. The Kier molecular flexibility index (Phi) is 3.46. The third-order valence-corrected chi connectivity index (χ3v) is 6.65. The maximum Gasteiger partial charge on any atom is 0.0192 e. The third kappa shape index (κ3) is 2.25. The molecule has 1 N–H and O–H groups in total. The molecule has 0 radical (unpaired) electrons. The molecular formula is C17H32N2. The van der Waals surface area contributed by atoms with Gasteiger partial charge in [0.2, 0.25) is 0 Å². The van der Waals surface area contributed by atoms with Crippen LogP contribution in [0.2, 0.25) is 0 Å². The maximum absolute atomic E-state index is 3.98. The van der Waals surface area contributed by atoms with Crippen molar-refractivity contribution in [1.82, 2.24) is 10.2 Å². The van der Waals surface area contributed by atoms with Crippen molar-refractivity contribution in [3.8, 4) is 0 Å². The zero-order valence-corrected chi connectivity index (χ0v) is 13.3. The normalized spacial score (nSPS) is 42.9. The van der Waals surface area contributed by atoms with E-state index in [1.54, 1.807) is 0 Å². The van der Waals surface area contributed by atoms with Crippen LogP contribution in [0.5, 0.6) is 0 Å². The lowest BCUT2D eigenvalue weighted by Gasteiger charge is -2.44. The molecule has 1 saturated heterocycles. The molecule has 2 heteroatoms. The van der Waals surface area contributed by atoms with E-state index in [2.05, 4.69) is 37.9 Å². The van der Waals surface area contributed by atoms with Gasteiger partial charge in [0, 0.05) is 18.6 Å². The van der Waals surface area contributed by atoms with Gasteiger partial charge in [-0.3, -0.25) is 4.90 Å². The second-order valence-corrected chi connectivity index (χ2v) is 8.35. The summed E-state index contributed by atoms with van der Waals surface area (Å²) in [4.78, 5) is 2.66. The van der Waals surface area contributed by atoms with Crippen LogP contribution in [0.15, 0.2) is 0 Å². The van der Waals surface area contributed by atoms with Gasteiger partial charge >= 0.3 is 0 Å². The lowest BCUT2D eigenvalue weighted by molar-refractivity contribution is 0.101. The molecule has 0 aromatic heterocycles. The van der Waals surface area contributed by atoms with Crippen molar-refractivity contribution in [1.29, 1.82) is 0 Å². The summed E-state index contributed by atoms with van der Waals surface area (Å²) in [7, 11) is 0. The third-order valence-electron chi connectivity index (χ3n) is 6.65. The summed E-state index contributed by atoms with van der Waals surface area (Å²) < 4.78 is 0. The summed E-state index contributed by atoms with van der Waals surface area (Å²) >= 11 is 0. The van der Waals surface area contributed by atoms with E-state index >= 15 is 0 Å². The van der Waals surface area contributed by atoms with Crippen LogP contribution in [0.3, 0.4) is 0 Å². The Morgan fingerprint density at radius 3 is 2.47 bits per heavy atom. The maximum atomic E-state index is 3.98. The molecule has 2 unspecified atom stereocenters. The van der Waals surface area contributed by atoms with Crippen LogP contribution in [0.4, 0.5) is 0 Å². The first kappa shape index (κ1) is 13.9. The van der Waals surface area contributed by atoms with Gasteiger partial charge in [-0.15, -0.1) is 0 Å². The van der Waals surface area contributed by atoms with Crippen LogP contribution in [0.1, 0.15) is 59.8 Å². The molecule has 0 spiro atoms. The molecule has 0 aromatic rings. The number of nitrogens with zero attached hydrogens (tertiary/aromatic N) is 1. The van der Waals surface area contributed by atoms with E-state index < -0.39 is 0 Å². The highest BCUT2D eigenvalue weighted by atomic mass is 15.2. The van der Waals surface area contributed by atoms with E-state index in [9.17, 15) is 0 Å². The van der Waals surface area contributed by atoms with Gasteiger partial charge < -0.3 is 5.32 Å². The molecule has 2 saturated carbocycles. The van der Waals surface area contributed by atoms with E-state index in [1.807, 2.05) is 0 Å². The second-order valence-electron chi connectivity index (χ2n) is 8.35. The molecule has 4 atom stereocenters. The lowest BCUT2D eigenvalue weighted by atomic mass is 9.68. The molecule has 110 valence electrons. The predicted molar refractivity (Wildman–Crippen MR) is 81.3 cm³/mol. The lowest BCUT2D eigenvalue weighted by Crippen LogP contribution is -2.53. The Labute approximate surface area is 119 Å². The summed E-state index contributed by atoms with van der Waals surface area (Å²) in [5, 5.41) is 3.98. The minimum Gasteiger partial charge on any atom is -0.311 e. The van der Waals surface area contributed by atoms with Crippen LogP contribution in [0, 0.1) is 16.7 Å². The Balaban J connectivity index is 1.60. The highest BCUT2D eigenvalue weighted by molar-refractivity contribution is 5.12. The number of rotatable bonds is 4. The second kappa shape index (κ2) is 4.73. The fourth-order valence-electron chi connectivity index (χ4n) is 5.41. The average Bonchev–Trinajstić information content (AvgIpc) is 3.00. The van der Waals surface area contributed by atoms with Gasteiger partial charge in [0.05, 0.1) is 0 Å². The standard InChI is InChI=1S/C17H32N2/c1-13(19-9-5-6-10-19)12-18-15-16(2,3)14-7-8-17(15,4)11-14/h13-15,18H,5-12H2,1-4H3/t13?,14-,15?,17+/m0/s1. The van der Waals surface area contributed by atoms with Crippen LogP contribution >= 0.6 is 0 Å². The zero-order valence-electron chi connectivity index (χ0n) is 13.3. The zero-order chi connectivity index (χ0) is 13.7. The van der Waals surface area contributed by atoms with Crippen molar-refractivity contribution in [3.63, 3.8) is 0 Å². The Bertz CT molecular complexity index is 327. The fraction of sp³-hybridized carbons (Fsp3) is 1.00. The summed E-state index contributed by atoms with van der Waals surface area (Å²) in [6.07, 6.45) is 7.16. The van der Waals surface area contributed by atoms with E-state index in [-0.39, 0.29) is 0 Å². The molecule has 3 aliphatic rings. The van der Waals surface area contributed by atoms with Crippen molar-refractivity contribution in [3.05, 3.63) is 0 Å². The van der Waals surface area contributed by atoms with Crippen LogP contribution in [0.25, 0.3) is 0 Å². The first-order valence-electron chi connectivity index (χ1n) is 8.41. The van der Waals surface area contributed by atoms with Gasteiger partial charge in [0.15, 0.2) is 0 Å².